The van der Waals surface area contributed by atoms with E-state index in [1.54, 1.807) is 24.3 Å². The molecular formula is C13H11ClFN3O. The lowest BCUT2D eigenvalue weighted by Gasteiger charge is -2.08. The number of halogens is 2. The highest BCUT2D eigenvalue weighted by Gasteiger charge is 2.05. The van der Waals surface area contributed by atoms with Gasteiger partial charge in [-0.25, -0.2) is 9.18 Å². The zero-order valence-electron chi connectivity index (χ0n) is 9.78. The van der Waals surface area contributed by atoms with Crippen molar-refractivity contribution in [2.45, 2.75) is 0 Å². The highest BCUT2D eigenvalue weighted by Crippen LogP contribution is 2.19. The molecule has 0 saturated carbocycles. The summed E-state index contributed by atoms with van der Waals surface area (Å²) < 4.78 is 13.0. The second kappa shape index (κ2) is 5.58. The van der Waals surface area contributed by atoms with Crippen LogP contribution in [0.2, 0.25) is 5.02 Å². The van der Waals surface area contributed by atoms with E-state index >= 15 is 0 Å². The number of benzene rings is 2. The second-order valence-corrected chi connectivity index (χ2v) is 4.24. The number of anilines is 3. The number of nitrogen functional groups attached to an aromatic ring is 1. The Kier molecular flexibility index (Phi) is 3.87. The first kappa shape index (κ1) is 13.2. The van der Waals surface area contributed by atoms with Crippen molar-refractivity contribution in [3.63, 3.8) is 0 Å². The van der Waals surface area contributed by atoms with Gasteiger partial charge in [0, 0.05) is 17.1 Å². The number of carbonyl (C=O) groups excluding carboxylic acids is 1. The molecule has 0 radical (unpaired) electrons. The Hall–Kier alpha value is -2.27. The molecule has 19 heavy (non-hydrogen) atoms. The number of hydrogen-bond donors (Lipinski definition) is 3. The van der Waals surface area contributed by atoms with Gasteiger partial charge in [-0.15, -0.1) is 0 Å². The van der Waals surface area contributed by atoms with Crippen LogP contribution in [0.4, 0.5) is 26.2 Å². The molecule has 2 rings (SSSR count). The summed E-state index contributed by atoms with van der Waals surface area (Å²) in [6, 6.07) is 10.2. The van der Waals surface area contributed by atoms with E-state index < -0.39 is 11.8 Å². The fraction of sp³-hybridized carbons (Fsp3) is 0. The van der Waals surface area contributed by atoms with Crippen molar-refractivity contribution < 1.29 is 9.18 Å². The molecule has 0 aliphatic heterocycles. The maximum Gasteiger partial charge on any atom is 0.323 e. The topological polar surface area (TPSA) is 67.1 Å². The lowest BCUT2D eigenvalue weighted by molar-refractivity contribution is 0.262. The minimum Gasteiger partial charge on any atom is -0.399 e. The van der Waals surface area contributed by atoms with E-state index in [1.165, 1.54) is 18.2 Å². The molecule has 4 nitrogen and oxygen atoms in total. The Labute approximate surface area is 114 Å². The number of amides is 2. The average Bonchev–Trinajstić information content (AvgIpc) is 2.34. The van der Waals surface area contributed by atoms with Crippen molar-refractivity contribution in [2.75, 3.05) is 16.4 Å². The first-order valence-corrected chi connectivity index (χ1v) is 5.81. The number of carbonyl (C=O) groups is 1. The van der Waals surface area contributed by atoms with E-state index in [4.69, 9.17) is 17.3 Å². The summed E-state index contributed by atoms with van der Waals surface area (Å²) in [6.07, 6.45) is 0. The molecular weight excluding hydrogens is 269 g/mol. The van der Waals surface area contributed by atoms with E-state index in [9.17, 15) is 9.18 Å². The Morgan fingerprint density at radius 1 is 1.11 bits per heavy atom. The number of rotatable bonds is 2. The predicted octanol–water partition coefficient (Wildman–Crippen LogP) is 3.71. The van der Waals surface area contributed by atoms with Gasteiger partial charge in [-0.1, -0.05) is 17.7 Å². The van der Waals surface area contributed by atoms with E-state index in [-0.39, 0.29) is 5.02 Å². The SMILES string of the molecule is Nc1cccc(NC(=O)Nc2ccc(F)c(Cl)c2)c1. The molecule has 4 N–H and O–H groups in total. The molecule has 0 atom stereocenters. The van der Waals surface area contributed by atoms with E-state index in [0.29, 0.717) is 17.1 Å². The normalized spacial score (nSPS) is 10.0. The van der Waals surface area contributed by atoms with Gasteiger partial charge in [-0.2, -0.15) is 0 Å². The van der Waals surface area contributed by atoms with Gasteiger partial charge < -0.3 is 16.4 Å². The Morgan fingerprint density at radius 3 is 2.42 bits per heavy atom. The van der Waals surface area contributed by atoms with Crippen LogP contribution in [0.3, 0.4) is 0 Å². The molecule has 2 amide bonds. The largest absolute Gasteiger partial charge is 0.399 e. The number of urea groups is 1. The minimum absolute atomic E-state index is 0.0539. The first-order valence-electron chi connectivity index (χ1n) is 5.43. The van der Waals surface area contributed by atoms with Crippen LogP contribution in [0.5, 0.6) is 0 Å². The molecule has 0 spiro atoms. The Bertz CT molecular complexity index is 619. The van der Waals surface area contributed by atoms with Crippen LogP contribution in [0.15, 0.2) is 42.5 Å². The van der Waals surface area contributed by atoms with Gasteiger partial charge in [0.25, 0.3) is 0 Å². The number of nitrogens with two attached hydrogens (primary N) is 1. The maximum absolute atomic E-state index is 13.0. The minimum atomic E-state index is -0.538. The summed E-state index contributed by atoms with van der Waals surface area (Å²) in [6.45, 7) is 0. The van der Waals surface area contributed by atoms with Gasteiger partial charge in [0.2, 0.25) is 0 Å². The van der Waals surface area contributed by atoms with Crippen molar-refractivity contribution in [3.05, 3.63) is 53.3 Å². The van der Waals surface area contributed by atoms with E-state index in [2.05, 4.69) is 10.6 Å². The average molecular weight is 280 g/mol. The van der Waals surface area contributed by atoms with Gasteiger partial charge in [0.05, 0.1) is 5.02 Å². The van der Waals surface area contributed by atoms with Crippen molar-refractivity contribution in [1.29, 1.82) is 0 Å². The van der Waals surface area contributed by atoms with Gasteiger partial charge >= 0.3 is 6.03 Å². The fourth-order valence-electron chi connectivity index (χ4n) is 1.48. The molecule has 0 heterocycles. The lowest BCUT2D eigenvalue weighted by Crippen LogP contribution is -2.19. The molecule has 98 valence electrons. The molecule has 0 saturated heterocycles. The van der Waals surface area contributed by atoms with Crippen LogP contribution in [-0.4, -0.2) is 6.03 Å². The predicted molar refractivity (Wildman–Crippen MR) is 74.9 cm³/mol. The van der Waals surface area contributed by atoms with Crippen LogP contribution in [0.25, 0.3) is 0 Å². The van der Waals surface area contributed by atoms with E-state index in [0.717, 1.165) is 0 Å². The molecule has 6 heteroatoms. The quantitative estimate of drug-likeness (QED) is 0.734. The van der Waals surface area contributed by atoms with Crippen LogP contribution in [-0.2, 0) is 0 Å². The third-order valence-corrected chi connectivity index (χ3v) is 2.61. The molecule has 2 aromatic carbocycles. The monoisotopic (exact) mass is 279 g/mol. The number of hydrogen-bond acceptors (Lipinski definition) is 2. The van der Waals surface area contributed by atoms with Crippen molar-refractivity contribution in [1.82, 2.24) is 0 Å². The van der Waals surface area contributed by atoms with E-state index in [1.807, 2.05) is 0 Å². The second-order valence-electron chi connectivity index (χ2n) is 3.83. The van der Waals surface area contributed by atoms with Crippen LogP contribution < -0.4 is 16.4 Å². The zero-order chi connectivity index (χ0) is 13.8. The summed E-state index contributed by atoms with van der Waals surface area (Å²) in [5, 5.41) is 5.08. The Balaban J connectivity index is 2.03. The van der Waals surface area contributed by atoms with Crippen LogP contribution in [0.1, 0.15) is 0 Å². The fourth-order valence-corrected chi connectivity index (χ4v) is 1.66. The molecule has 0 aliphatic rings. The zero-order valence-corrected chi connectivity index (χ0v) is 10.5. The first-order chi connectivity index (χ1) is 9.04. The molecule has 0 unspecified atom stereocenters. The highest BCUT2D eigenvalue weighted by atomic mass is 35.5. The summed E-state index contributed by atoms with van der Waals surface area (Å²) >= 11 is 5.62. The third-order valence-electron chi connectivity index (χ3n) is 2.32. The maximum atomic E-state index is 13.0. The van der Waals surface area contributed by atoms with Gasteiger partial charge in [-0.3, -0.25) is 0 Å². The molecule has 0 fully saturated rings. The summed E-state index contributed by atoms with van der Waals surface area (Å²) in [5.74, 6) is -0.538. The van der Waals surface area contributed by atoms with Gasteiger partial charge in [-0.05, 0) is 36.4 Å². The number of nitrogens with one attached hydrogen (secondary N) is 2. The lowest BCUT2D eigenvalue weighted by atomic mass is 10.3. The standard InChI is InChI=1S/C13H11ClFN3O/c14-11-7-10(4-5-12(11)15)18-13(19)17-9-3-1-2-8(16)6-9/h1-7H,16H2,(H2,17,18,19). The summed E-state index contributed by atoms with van der Waals surface area (Å²) in [7, 11) is 0. The van der Waals surface area contributed by atoms with Crippen molar-refractivity contribution in [3.8, 4) is 0 Å². The van der Waals surface area contributed by atoms with Crippen molar-refractivity contribution >= 4 is 34.7 Å². The van der Waals surface area contributed by atoms with Crippen molar-refractivity contribution in [2.24, 2.45) is 0 Å². The Morgan fingerprint density at radius 2 is 1.79 bits per heavy atom. The molecule has 2 aromatic rings. The molecule has 0 aromatic heterocycles. The van der Waals surface area contributed by atoms with Gasteiger partial charge in [0.15, 0.2) is 0 Å². The van der Waals surface area contributed by atoms with Gasteiger partial charge in [0.1, 0.15) is 5.82 Å². The highest BCUT2D eigenvalue weighted by molar-refractivity contribution is 6.31. The summed E-state index contributed by atoms with van der Waals surface area (Å²) in [5.41, 5.74) is 7.09. The molecule has 0 bridgehead atoms. The third kappa shape index (κ3) is 3.59. The molecule has 0 aliphatic carbocycles. The van der Waals surface area contributed by atoms with Crippen LogP contribution in [0, 0.1) is 5.82 Å². The smallest absolute Gasteiger partial charge is 0.323 e. The van der Waals surface area contributed by atoms with Crippen LogP contribution >= 0.6 is 11.6 Å². The summed E-state index contributed by atoms with van der Waals surface area (Å²) in [4.78, 5) is 11.7.